The van der Waals surface area contributed by atoms with E-state index in [1.54, 1.807) is 6.41 Å². The molecule has 0 saturated carbocycles. The fourth-order valence-corrected chi connectivity index (χ4v) is 1.70. The number of rotatable bonds is 6. The number of carbonyl (C=O) groups excluding carboxylic acids is 1. The highest BCUT2D eigenvalue weighted by atomic mass is 16.1. The van der Waals surface area contributed by atoms with Crippen LogP contribution < -0.4 is 5.32 Å². The van der Waals surface area contributed by atoms with E-state index in [0.29, 0.717) is 0 Å². The van der Waals surface area contributed by atoms with Crippen LogP contribution in [-0.4, -0.2) is 6.41 Å². The van der Waals surface area contributed by atoms with Crippen LogP contribution in [0.15, 0.2) is 30.8 Å². The molecule has 1 unspecified atom stereocenters. The molecule has 0 bridgehead atoms. The fraction of sp³-hybridized carbons (Fsp3) is 0.357. The van der Waals surface area contributed by atoms with E-state index in [2.05, 4.69) is 24.9 Å². The first-order valence-corrected chi connectivity index (χ1v) is 5.57. The summed E-state index contributed by atoms with van der Waals surface area (Å²) in [7, 11) is 0. The van der Waals surface area contributed by atoms with E-state index >= 15 is 0 Å². The summed E-state index contributed by atoms with van der Waals surface area (Å²) in [5, 5.41) is 2.73. The molecule has 0 aliphatic heterocycles. The predicted molar refractivity (Wildman–Crippen MR) is 67.6 cm³/mol. The monoisotopic (exact) mass is 216 g/mol. The standard InChI is InChI=1S/C14H18NO/c1-4-6-14(15-10-16)13-8-5-7-12(9-13)11(2)3/h5,7-9,14H,2,4,6H2,1,3H3,(H,15,16). The van der Waals surface area contributed by atoms with Gasteiger partial charge in [-0.1, -0.05) is 43.7 Å². The number of nitrogens with one attached hydrogen (secondary N) is 1. The first kappa shape index (κ1) is 12.5. The van der Waals surface area contributed by atoms with Gasteiger partial charge in [0.05, 0.1) is 6.04 Å². The largest absolute Gasteiger partial charge is 0.341 e. The van der Waals surface area contributed by atoms with Crippen LogP contribution in [0.1, 0.15) is 43.9 Å². The van der Waals surface area contributed by atoms with Gasteiger partial charge >= 0.3 is 6.41 Å². The maximum atomic E-state index is 10.4. The summed E-state index contributed by atoms with van der Waals surface area (Å²) in [4.78, 5) is 10.4. The lowest BCUT2D eigenvalue weighted by atomic mass is 9.98. The zero-order chi connectivity index (χ0) is 12.0. The van der Waals surface area contributed by atoms with Crippen molar-refractivity contribution < 1.29 is 4.79 Å². The Kier molecular flexibility index (Phi) is 4.77. The van der Waals surface area contributed by atoms with Crippen molar-refractivity contribution in [2.75, 3.05) is 0 Å². The summed E-state index contributed by atoms with van der Waals surface area (Å²) in [5.41, 5.74) is 3.27. The third kappa shape index (κ3) is 3.23. The van der Waals surface area contributed by atoms with Crippen molar-refractivity contribution in [3.05, 3.63) is 42.0 Å². The minimum absolute atomic E-state index is 0.0572. The Morgan fingerprint density at radius 2 is 2.31 bits per heavy atom. The smallest absolute Gasteiger partial charge is 0.309 e. The number of allylic oxidation sites excluding steroid dienone is 1. The van der Waals surface area contributed by atoms with Gasteiger partial charge in [0.15, 0.2) is 0 Å². The molecule has 1 amide bonds. The van der Waals surface area contributed by atoms with Crippen molar-refractivity contribution in [1.29, 1.82) is 0 Å². The normalized spacial score (nSPS) is 11.9. The summed E-state index contributed by atoms with van der Waals surface area (Å²) in [5.74, 6) is 0. The lowest BCUT2D eigenvalue weighted by molar-refractivity contribution is 0.507. The van der Waals surface area contributed by atoms with Crippen molar-refractivity contribution in [3.8, 4) is 0 Å². The number of hydrogen-bond acceptors (Lipinski definition) is 1. The third-order valence-electron chi connectivity index (χ3n) is 2.59. The van der Waals surface area contributed by atoms with Gasteiger partial charge in [0, 0.05) is 0 Å². The van der Waals surface area contributed by atoms with Crippen LogP contribution in [0.5, 0.6) is 0 Å². The van der Waals surface area contributed by atoms with Crippen molar-refractivity contribution in [2.45, 2.75) is 32.7 Å². The first-order chi connectivity index (χ1) is 7.69. The summed E-state index contributed by atoms with van der Waals surface area (Å²) >= 11 is 0. The Morgan fingerprint density at radius 1 is 1.56 bits per heavy atom. The molecule has 1 atom stereocenters. The third-order valence-corrected chi connectivity index (χ3v) is 2.59. The average Bonchev–Trinajstić information content (AvgIpc) is 2.29. The molecule has 1 aromatic carbocycles. The van der Waals surface area contributed by atoms with E-state index in [4.69, 9.17) is 0 Å². The lowest BCUT2D eigenvalue weighted by Crippen LogP contribution is -2.19. The molecule has 1 radical (unpaired) electrons. The van der Waals surface area contributed by atoms with Gasteiger partial charge in [0.25, 0.3) is 0 Å². The van der Waals surface area contributed by atoms with Gasteiger partial charge in [-0.05, 0) is 30.5 Å². The van der Waals surface area contributed by atoms with Gasteiger partial charge < -0.3 is 5.32 Å². The van der Waals surface area contributed by atoms with Gasteiger partial charge in [0.1, 0.15) is 0 Å². The highest BCUT2D eigenvalue weighted by Crippen LogP contribution is 2.21. The minimum Gasteiger partial charge on any atom is -0.341 e. The topological polar surface area (TPSA) is 29.1 Å². The van der Waals surface area contributed by atoms with Gasteiger partial charge in [-0.15, -0.1) is 0 Å². The Bertz CT molecular complexity index is 371. The molecule has 85 valence electrons. The summed E-state index contributed by atoms with van der Waals surface area (Å²) in [6.07, 6.45) is 3.73. The maximum absolute atomic E-state index is 10.4. The Balaban J connectivity index is 2.94. The molecule has 1 aromatic rings. The second kappa shape index (κ2) is 6.11. The van der Waals surface area contributed by atoms with Crippen LogP contribution in [0.25, 0.3) is 5.57 Å². The molecule has 16 heavy (non-hydrogen) atoms. The molecule has 1 N–H and O–H groups in total. The lowest BCUT2D eigenvalue weighted by Gasteiger charge is -2.16. The van der Waals surface area contributed by atoms with Gasteiger partial charge in [-0.2, -0.15) is 0 Å². The predicted octanol–water partition coefficient (Wildman–Crippen LogP) is 3.22. The summed E-state index contributed by atoms with van der Waals surface area (Å²) in [6, 6.07) is 8.18. The molecule has 0 fully saturated rings. The minimum atomic E-state index is 0.0572. The average molecular weight is 216 g/mol. The zero-order valence-electron chi connectivity index (χ0n) is 9.92. The van der Waals surface area contributed by atoms with Crippen LogP contribution in [0.3, 0.4) is 0 Å². The van der Waals surface area contributed by atoms with Crippen molar-refractivity contribution in [3.63, 3.8) is 0 Å². The van der Waals surface area contributed by atoms with Crippen LogP contribution in [0.2, 0.25) is 0 Å². The van der Waals surface area contributed by atoms with E-state index < -0.39 is 0 Å². The fourth-order valence-electron chi connectivity index (χ4n) is 1.70. The highest BCUT2D eigenvalue weighted by Gasteiger charge is 2.09. The second-order valence-electron chi connectivity index (χ2n) is 3.99. The first-order valence-electron chi connectivity index (χ1n) is 5.57. The molecule has 0 aromatic heterocycles. The van der Waals surface area contributed by atoms with E-state index in [0.717, 1.165) is 29.5 Å². The van der Waals surface area contributed by atoms with Crippen LogP contribution in [-0.2, 0) is 4.79 Å². The molecule has 0 saturated heterocycles. The van der Waals surface area contributed by atoms with Gasteiger partial charge in [-0.25, -0.2) is 0 Å². The van der Waals surface area contributed by atoms with E-state index in [-0.39, 0.29) is 6.04 Å². The molecular formula is C14H18NO. The summed E-state index contributed by atoms with van der Waals surface area (Å²) in [6.45, 7) is 8.00. The molecule has 1 rings (SSSR count). The molecule has 0 spiro atoms. The summed E-state index contributed by atoms with van der Waals surface area (Å²) < 4.78 is 0. The van der Waals surface area contributed by atoms with Crippen LogP contribution in [0, 0.1) is 0 Å². The quantitative estimate of drug-likeness (QED) is 0.727. The molecular weight excluding hydrogens is 198 g/mol. The van der Waals surface area contributed by atoms with Crippen molar-refractivity contribution in [1.82, 2.24) is 5.32 Å². The Labute approximate surface area is 97.4 Å². The maximum Gasteiger partial charge on any atom is 0.309 e. The molecule has 0 aliphatic rings. The molecule has 2 nitrogen and oxygen atoms in total. The van der Waals surface area contributed by atoms with Crippen molar-refractivity contribution in [2.24, 2.45) is 0 Å². The van der Waals surface area contributed by atoms with Gasteiger partial charge in [0.2, 0.25) is 0 Å². The Morgan fingerprint density at radius 3 is 2.88 bits per heavy atom. The van der Waals surface area contributed by atoms with E-state index in [1.165, 1.54) is 0 Å². The second-order valence-corrected chi connectivity index (χ2v) is 3.99. The number of amides is 1. The molecule has 0 aliphatic carbocycles. The van der Waals surface area contributed by atoms with Crippen LogP contribution in [0.4, 0.5) is 0 Å². The van der Waals surface area contributed by atoms with Crippen LogP contribution >= 0.6 is 0 Å². The van der Waals surface area contributed by atoms with E-state index in [1.807, 2.05) is 25.1 Å². The van der Waals surface area contributed by atoms with Gasteiger partial charge in [-0.3, -0.25) is 4.79 Å². The molecule has 2 heteroatoms. The zero-order valence-corrected chi connectivity index (χ0v) is 9.92. The van der Waals surface area contributed by atoms with Crippen molar-refractivity contribution >= 4 is 12.0 Å². The highest BCUT2D eigenvalue weighted by molar-refractivity contribution is 5.62. The SMILES string of the molecule is C=C(C)c1cccc(C(CCC)N[C]=O)c1. The number of hydrogen-bond donors (Lipinski definition) is 1. The Hall–Kier alpha value is -1.57. The number of benzene rings is 1. The van der Waals surface area contributed by atoms with E-state index in [9.17, 15) is 4.79 Å². The molecule has 0 heterocycles.